The van der Waals surface area contributed by atoms with E-state index < -0.39 is 0 Å². The van der Waals surface area contributed by atoms with Gasteiger partial charge in [-0.25, -0.2) is 0 Å². The molecular weight excluding hydrogens is 170 g/mol. The van der Waals surface area contributed by atoms with Gasteiger partial charge in [0.15, 0.2) is 0 Å². The Morgan fingerprint density at radius 2 is 1.93 bits per heavy atom. The average molecular weight is 189 g/mol. The molecule has 0 unspecified atom stereocenters. The molecule has 1 fully saturated rings. The van der Waals surface area contributed by atoms with Gasteiger partial charge in [0.25, 0.3) is 0 Å². The second kappa shape index (κ2) is 3.74. The minimum atomic E-state index is 0.344. The van der Waals surface area contributed by atoms with Crippen LogP contribution in [0.1, 0.15) is 38.2 Å². The van der Waals surface area contributed by atoms with Gasteiger partial charge in [-0.05, 0) is 43.6 Å². The number of benzene rings is 1. The van der Waals surface area contributed by atoms with Gasteiger partial charge in [0.2, 0.25) is 0 Å². The molecule has 1 aromatic carbocycles. The van der Waals surface area contributed by atoms with Crippen LogP contribution in [-0.4, -0.2) is 6.04 Å². The van der Waals surface area contributed by atoms with Crippen molar-refractivity contribution in [1.29, 1.82) is 0 Å². The van der Waals surface area contributed by atoms with Crippen molar-refractivity contribution in [2.24, 2.45) is 5.73 Å². The van der Waals surface area contributed by atoms with Gasteiger partial charge >= 0.3 is 0 Å². The lowest BCUT2D eigenvalue weighted by molar-refractivity contribution is 0.533. The molecule has 0 heterocycles. The van der Waals surface area contributed by atoms with Gasteiger partial charge in [-0.1, -0.05) is 30.3 Å². The van der Waals surface area contributed by atoms with Crippen molar-refractivity contribution in [3.8, 4) is 0 Å². The quantitative estimate of drug-likeness (QED) is 0.774. The van der Waals surface area contributed by atoms with Gasteiger partial charge in [0.05, 0.1) is 0 Å². The SMILES string of the molecule is C[C@H](N)CCC1(c2ccccc2)CC1. The van der Waals surface area contributed by atoms with Gasteiger partial charge in [-0.3, -0.25) is 0 Å². The number of hydrogen-bond acceptors (Lipinski definition) is 1. The zero-order chi connectivity index (χ0) is 10.0. The van der Waals surface area contributed by atoms with Crippen LogP contribution in [0.4, 0.5) is 0 Å². The Balaban J connectivity index is 2.03. The normalized spacial score (nSPS) is 20.4. The summed E-state index contributed by atoms with van der Waals surface area (Å²) in [6.07, 6.45) is 5.11. The van der Waals surface area contributed by atoms with Crippen LogP contribution >= 0.6 is 0 Å². The Morgan fingerprint density at radius 3 is 2.43 bits per heavy atom. The molecule has 0 bridgehead atoms. The molecule has 0 radical (unpaired) electrons. The Hall–Kier alpha value is -0.820. The van der Waals surface area contributed by atoms with Crippen molar-refractivity contribution in [2.75, 3.05) is 0 Å². The van der Waals surface area contributed by atoms with Crippen LogP contribution in [0.2, 0.25) is 0 Å². The van der Waals surface area contributed by atoms with Crippen LogP contribution in [0, 0.1) is 0 Å². The highest BCUT2D eigenvalue weighted by Gasteiger charge is 2.43. The molecule has 14 heavy (non-hydrogen) atoms. The van der Waals surface area contributed by atoms with Gasteiger partial charge in [-0.15, -0.1) is 0 Å². The highest BCUT2D eigenvalue weighted by atomic mass is 14.6. The molecular formula is C13H19N. The van der Waals surface area contributed by atoms with Crippen molar-refractivity contribution >= 4 is 0 Å². The zero-order valence-electron chi connectivity index (χ0n) is 8.87. The molecule has 1 atom stereocenters. The topological polar surface area (TPSA) is 26.0 Å². The zero-order valence-corrected chi connectivity index (χ0v) is 8.87. The fourth-order valence-corrected chi connectivity index (χ4v) is 2.13. The van der Waals surface area contributed by atoms with Crippen molar-refractivity contribution in [3.05, 3.63) is 35.9 Å². The Morgan fingerprint density at radius 1 is 1.29 bits per heavy atom. The molecule has 0 amide bonds. The molecule has 1 heteroatoms. The molecule has 0 aliphatic heterocycles. The molecule has 0 saturated heterocycles. The summed E-state index contributed by atoms with van der Waals surface area (Å²) in [6.45, 7) is 2.10. The summed E-state index contributed by atoms with van der Waals surface area (Å²) in [4.78, 5) is 0. The van der Waals surface area contributed by atoms with Crippen molar-refractivity contribution < 1.29 is 0 Å². The first-order valence-corrected chi connectivity index (χ1v) is 5.54. The van der Waals surface area contributed by atoms with Crippen LogP contribution in [0.3, 0.4) is 0 Å². The summed E-state index contributed by atoms with van der Waals surface area (Å²) in [7, 11) is 0. The molecule has 0 aromatic heterocycles. The minimum absolute atomic E-state index is 0.344. The molecule has 1 aliphatic carbocycles. The second-order valence-electron chi connectivity index (χ2n) is 4.66. The number of hydrogen-bond donors (Lipinski definition) is 1. The maximum absolute atomic E-state index is 5.81. The molecule has 76 valence electrons. The maximum Gasteiger partial charge on any atom is 0.00108 e. The summed E-state index contributed by atoms with van der Waals surface area (Å²) in [6, 6.07) is 11.2. The summed E-state index contributed by atoms with van der Waals surface area (Å²) < 4.78 is 0. The van der Waals surface area contributed by atoms with Gasteiger partial charge in [0.1, 0.15) is 0 Å². The molecule has 2 rings (SSSR count). The minimum Gasteiger partial charge on any atom is -0.328 e. The summed E-state index contributed by atoms with van der Waals surface area (Å²) in [5, 5.41) is 0. The number of rotatable bonds is 4. The lowest BCUT2D eigenvalue weighted by Crippen LogP contribution is -2.18. The molecule has 0 spiro atoms. The predicted molar refractivity (Wildman–Crippen MR) is 60.2 cm³/mol. The lowest BCUT2D eigenvalue weighted by Gasteiger charge is -2.16. The van der Waals surface area contributed by atoms with E-state index >= 15 is 0 Å². The van der Waals surface area contributed by atoms with E-state index in [4.69, 9.17) is 5.73 Å². The van der Waals surface area contributed by atoms with E-state index in [2.05, 4.69) is 37.3 Å². The first-order valence-electron chi connectivity index (χ1n) is 5.54. The van der Waals surface area contributed by atoms with Crippen molar-refractivity contribution in [1.82, 2.24) is 0 Å². The smallest absolute Gasteiger partial charge is 0.00108 e. The Kier molecular flexibility index (Phi) is 2.60. The fraction of sp³-hybridized carbons (Fsp3) is 0.538. The van der Waals surface area contributed by atoms with Gasteiger partial charge in [-0.2, -0.15) is 0 Å². The Labute approximate surface area is 86.3 Å². The lowest BCUT2D eigenvalue weighted by atomic mass is 9.90. The van der Waals surface area contributed by atoms with Crippen LogP contribution in [-0.2, 0) is 5.41 Å². The molecule has 1 saturated carbocycles. The standard InChI is InChI=1S/C13H19N/c1-11(14)7-8-13(9-10-13)12-5-3-2-4-6-12/h2-6,11H,7-10,14H2,1H3/t11-/m0/s1. The fourth-order valence-electron chi connectivity index (χ4n) is 2.13. The van der Waals surface area contributed by atoms with E-state index in [9.17, 15) is 0 Å². The van der Waals surface area contributed by atoms with Crippen LogP contribution in [0.5, 0.6) is 0 Å². The largest absolute Gasteiger partial charge is 0.328 e. The molecule has 1 aromatic rings. The highest BCUT2D eigenvalue weighted by Crippen LogP contribution is 2.51. The van der Waals surface area contributed by atoms with Gasteiger partial charge in [0, 0.05) is 6.04 Å². The van der Waals surface area contributed by atoms with E-state index in [0.717, 1.165) is 6.42 Å². The van der Waals surface area contributed by atoms with E-state index in [1.165, 1.54) is 24.8 Å². The van der Waals surface area contributed by atoms with E-state index in [0.29, 0.717) is 11.5 Å². The van der Waals surface area contributed by atoms with Crippen molar-refractivity contribution in [2.45, 2.75) is 44.1 Å². The third kappa shape index (κ3) is 1.98. The maximum atomic E-state index is 5.81. The van der Waals surface area contributed by atoms with Crippen LogP contribution < -0.4 is 5.73 Å². The molecule has 2 N–H and O–H groups in total. The van der Waals surface area contributed by atoms with Crippen LogP contribution in [0.25, 0.3) is 0 Å². The van der Waals surface area contributed by atoms with E-state index in [1.807, 2.05) is 0 Å². The third-order valence-electron chi connectivity index (χ3n) is 3.32. The molecule has 1 nitrogen and oxygen atoms in total. The summed E-state index contributed by atoms with van der Waals surface area (Å²) >= 11 is 0. The predicted octanol–water partition coefficient (Wildman–Crippen LogP) is 2.85. The van der Waals surface area contributed by atoms with Gasteiger partial charge < -0.3 is 5.73 Å². The van der Waals surface area contributed by atoms with E-state index in [1.54, 1.807) is 0 Å². The molecule has 1 aliphatic rings. The average Bonchev–Trinajstić information content (AvgIpc) is 2.97. The summed E-state index contributed by atoms with van der Waals surface area (Å²) in [5.74, 6) is 0. The monoisotopic (exact) mass is 189 g/mol. The first-order chi connectivity index (χ1) is 6.73. The third-order valence-corrected chi connectivity index (χ3v) is 3.32. The van der Waals surface area contributed by atoms with E-state index in [-0.39, 0.29) is 0 Å². The number of nitrogens with two attached hydrogens (primary N) is 1. The van der Waals surface area contributed by atoms with Crippen LogP contribution in [0.15, 0.2) is 30.3 Å². The highest BCUT2D eigenvalue weighted by molar-refractivity contribution is 5.30. The second-order valence-corrected chi connectivity index (χ2v) is 4.66. The Bertz CT molecular complexity index is 285. The summed E-state index contributed by atoms with van der Waals surface area (Å²) in [5.41, 5.74) is 7.81. The first kappa shape index (κ1) is 9.72. The van der Waals surface area contributed by atoms with Crippen molar-refractivity contribution in [3.63, 3.8) is 0 Å².